The van der Waals surface area contributed by atoms with Crippen molar-refractivity contribution in [2.75, 3.05) is 11.9 Å². The lowest BCUT2D eigenvalue weighted by molar-refractivity contribution is -0.144. The number of rotatable bonds is 5. The van der Waals surface area contributed by atoms with E-state index >= 15 is 0 Å². The molecule has 1 unspecified atom stereocenters. The molecule has 1 aromatic carbocycles. The highest BCUT2D eigenvalue weighted by atomic mass is 35.5. The fraction of sp³-hybridized carbons (Fsp3) is 0.533. The minimum atomic E-state index is -0.346. The van der Waals surface area contributed by atoms with E-state index in [4.69, 9.17) is 16.3 Å². The zero-order valence-electron chi connectivity index (χ0n) is 12.0. The molecule has 0 spiro atoms. The molecule has 1 aromatic rings. The Hall–Kier alpha value is -1.22. The molecule has 4 heteroatoms. The normalized spacial score (nSPS) is 12.9. The summed E-state index contributed by atoms with van der Waals surface area (Å²) in [6.07, 6.45) is 0.703. The lowest BCUT2D eigenvalue weighted by atomic mass is 9.88. The number of carbonyl (C=O) groups is 1. The van der Waals surface area contributed by atoms with Gasteiger partial charge in [-0.25, -0.2) is 4.79 Å². The third-order valence-corrected chi connectivity index (χ3v) is 2.82. The van der Waals surface area contributed by atoms with E-state index in [-0.39, 0.29) is 17.4 Å². The summed E-state index contributed by atoms with van der Waals surface area (Å²) in [7, 11) is 0. The van der Waals surface area contributed by atoms with Crippen molar-refractivity contribution in [3.8, 4) is 0 Å². The highest BCUT2D eigenvalue weighted by molar-refractivity contribution is 6.30. The van der Waals surface area contributed by atoms with E-state index in [1.807, 2.05) is 19.1 Å². The number of carbonyl (C=O) groups excluding carboxylic acids is 1. The van der Waals surface area contributed by atoms with Crippen molar-refractivity contribution in [3.05, 3.63) is 29.3 Å². The lowest BCUT2D eigenvalue weighted by Crippen LogP contribution is -2.35. The van der Waals surface area contributed by atoms with Crippen LogP contribution < -0.4 is 5.32 Å². The van der Waals surface area contributed by atoms with Crippen molar-refractivity contribution < 1.29 is 9.53 Å². The van der Waals surface area contributed by atoms with Crippen molar-refractivity contribution in [1.82, 2.24) is 0 Å². The van der Waals surface area contributed by atoms with E-state index in [0.717, 1.165) is 5.69 Å². The Balaban J connectivity index is 2.78. The molecule has 19 heavy (non-hydrogen) atoms. The van der Waals surface area contributed by atoms with Gasteiger partial charge in [-0.05, 0) is 43.0 Å². The van der Waals surface area contributed by atoms with Gasteiger partial charge in [0, 0.05) is 10.7 Å². The van der Waals surface area contributed by atoms with Crippen molar-refractivity contribution in [2.45, 2.75) is 40.2 Å². The molecule has 0 saturated carbocycles. The predicted octanol–water partition coefficient (Wildman–Crippen LogP) is 4.12. The van der Waals surface area contributed by atoms with Gasteiger partial charge in [-0.3, -0.25) is 0 Å². The van der Waals surface area contributed by atoms with Gasteiger partial charge in [-0.2, -0.15) is 0 Å². The second-order valence-electron chi connectivity index (χ2n) is 5.72. The fourth-order valence-corrected chi connectivity index (χ4v) is 1.92. The van der Waals surface area contributed by atoms with Crippen molar-refractivity contribution in [2.24, 2.45) is 5.41 Å². The van der Waals surface area contributed by atoms with Crippen LogP contribution in [0.15, 0.2) is 24.3 Å². The quantitative estimate of drug-likeness (QED) is 0.826. The largest absolute Gasteiger partial charge is 0.464 e. The number of benzene rings is 1. The molecule has 0 radical (unpaired) electrons. The Morgan fingerprint density at radius 2 is 1.89 bits per heavy atom. The number of ether oxygens (including phenoxy) is 1. The summed E-state index contributed by atoms with van der Waals surface area (Å²) in [6.45, 7) is 8.50. The Morgan fingerprint density at radius 3 is 2.37 bits per heavy atom. The molecule has 0 fully saturated rings. The third-order valence-electron chi connectivity index (χ3n) is 2.57. The Labute approximate surface area is 120 Å². The van der Waals surface area contributed by atoms with E-state index in [9.17, 15) is 4.79 Å². The van der Waals surface area contributed by atoms with Gasteiger partial charge < -0.3 is 10.1 Å². The maximum atomic E-state index is 12.0. The molecule has 0 saturated heterocycles. The molecule has 0 aliphatic carbocycles. The lowest BCUT2D eigenvalue weighted by Gasteiger charge is -2.26. The minimum absolute atomic E-state index is 0.0385. The molecule has 0 amide bonds. The molecular weight excluding hydrogens is 262 g/mol. The van der Waals surface area contributed by atoms with Crippen LogP contribution in [0.25, 0.3) is 0 Å². The van der Waals surface area contributed by atoms with Gasteiger partial charge >= 0.3 is 5.97 Å². The molecule has 0 aliphatic heterocycles. The molecule has 106 valence electrons. The average Bonchev–Trinajstić information content (AvgIpc) is 2.30. The van der Waals surface area contributed by atoms with Crippen LogP contribution >= 0.6 is 11.6 Å². The van der Waals surface area contributed by atoms with Crippen molar-refractivity contribution in [1.29, 1.82) is 0 Å². The molecule has 3 nitrogen and oxygen atoms in total. The number of hydrogen-bond donors (Lipinski definition) is 1. The van der Waals surface area contributed by atoms with E-state index < -0.39 is 0 Å². The number of hydrogen-bond acceptors (Lipinski definition) is 3. The maximum absolute atomic E-state index is 12.0. The highest BCUT2D eigenvalue weighted by Crippen LogP contribution is 2.24. The smallest absolute Gasteiger partial charge is 0.328 e. The number of nitrogens with one attached hydrogen (secondary N) is 1. The predicted molar refractivity (Wildman–Crippen MR) is 79.6 cm³/mol. The first-order valence-electron chi connectivity index (χ1n) is 6.50. The van der Waals surface area contributed by atoms with Crippen LogP contribution in [-0.2, 0) is 9.53 Å². The van der Waals surface area contributed by atoms with Crippen LogP contribution in [0.4, 0.5) is 5.69 Å². The summed E-state index contributed by atoms with van der Waals surface area (Å²) in [4.78, 5) is 12.0. The summed E-state index contributed by atoms with van der Waals surface area (Å²) in [6, 6.07) is 6.96. The fourth-order valence-electron chi connectivity index (χ4n) is 1.80. The highest BCUT2D eigenvalue weighted by Gasteiger charge is 2.25. The van der Waals surface area contributed by atoms with Crippen LogP contribution in [0, 0.1) is 5.41 Å². The van der Waals surface area contributed by atoms with Gasteiger partial charge in [0.05, 0.1) is 6.61 Å². The van der Waals surface area contributed by atoms with Crippen LogP contribution in [0.2, 0.25) is 5.02 Å². The van der Waals surface area contributed by atoms with E-state index in [1.165, 1.54) is 0 Å². The molecule has 0 aromatic heterocycles. The molecule has 1 atom stereocenters. The first-order chi connectivity index (χ1) is 8.81. The van der Waals surface area contributed by atoms with E-state index in [1.54, 1.807) is 12.1 Å². The minimum Gasteiger partial charge on any atom is -0.464 e. The summed E-state index contributed by atoms with van der Waals surface area (Å²) >= 11 is 5.85. The summed E-state index contributed by atoms with van der Waals surface area (Å²) < 4.78 is 5.12. The maximum Gasteiger partial charge on any atom is 0.328 e. The first-order valence-corrected chi connectivity index (χ1v) is 6.88. The molecule has 0 aliphatic rings. The Bertz CT molecular complexity index is 409. The second-order valence-corrected chi connectivity index (χ2v) is 6.16. The topological polar surface area (TPSA) is 38.3 Å². The van der Waals surface area contributed by atoms with Crippen LogP contribution in [0.3, 0.4) is 0 Å². The number of anilines is 1. The summed E-state index contributed by atoms with van der Waals surface area (Å²) in [5.41, 5.74) is 0.906. The number of esters is 1. The molecule has 0 bridgehead atoms. The Morgan fingerprint density at radius 1 is 1.32 bits per heavy atom. The average molecular weight is 284 g/mol. The van der Waals surface area contributed by atoms with Gasteiger partial charge in [0.15, 0.2) is 0 Å². The van der Waals surface area contributed by atoms with Crippen LogP contribution in [0.5, 0.6) is 0 Å². The van der Waals surface area contributed by atoms with E-state index in [0.29, 0.717) is 18.1 Å². The van der Waals surface area contributed by atoms with Crippen LogP contribution in [-0.4, -0.2) is 18.6 Å². The van der Waals surface area contributed by atoms with Gasteiger partial charge in [0.2, 0.25) is 0 Å². The Kier molecular flexibility index (Phi) is 5.67. The van der Waals surface area contributed by atoms with Gasteiger partial charge in [0.1, 0.15) is 6.04 Å². The monoisotopic (exact) mass is 283 g/mol. The van der Waals surface area contributed by atoms with Crippen molar-refractivity contribution in [3.63, 3.8) is 0 Å². The molecule has 1 N–H and O–H groups in total. The zero-order chi connectivity index (χ0) is 14.5. The first kappa shape index (κ1) is 15.8. The van der Waals surface area contributed by atoms with Gasteiger partial charge in [-0.1, -0.05) is 32.4 Å². The standard InChI is InChI=1S/C15H22ClNO2/c1-5-19-14(18)13(10-15(2,3)4)17-12-8-6-11(16)7-9-12/h6-9,13,17H,5,10H2,1-4H3. The van der Waals surface area contributed by atoms with Crippen LogP contribution in [0.1, 0.15) is 34.1 Å². The molecule has 1 rings (SSSR count). The van der Waals surface area contributed by atoms with Gasteiger partial charge in [-0.15, -0.1) is 0 Å². The van der Waals surface area contributed by atoms with Gasteiger partial charge in [0.25, 0.3) is 0 Å². The van der Waals surface area contributed by atoms with E-state index in [2.05, 4.69) is 26.1 Å². The third kappa shape index (κ3) is 5.97. The number of halogens is 1. The molecule has 0 heterocycles. The molecular formula is C15H22ClNO2. The SMILES string of the molecule is CCOC(=O)C(CC(C)(C)C)Nc1ccc(Cl)cc1. The summed E-state index contributed by atoms with van der Waals surface area (Å²) in [5, 5.41) is 3.89. The van der Waals surface area contributed by atoms with Crippen molar-refractivity contribution >= 4 is 23.3 Å². The zero-order valence-corrected chi connectivity index (χ0v) is 12.8. The summed E-state index contributed by atoms with van der Waals surface area (Å²) in [5.74, 6) is -0.215. The second kappa shape index (κ2) is 6.80.